The zero-order valence-electron chi connectivity index (χ0n) is 11.4. The predicted octanol–water partition coefficient (Wildman–Crippen LogP) is 2.81. The van der Waals surface area contributed by atoms with E-state index in [2.05, 4.69) is 10.5 Å². The van der Waals surface area contributed by atoms with Crippen molar-refractivity contribution in [1.82, 2.24) is 5.16 Å². The quantitative estimate of drug-likeness (QED) is 0.901. The van der Waals surface area contributed by atoms with Crippen molar-refractivity contribution in [2.75, 3.05) is 5.32 Å². The molecule has 1 aliphatic rings. The molecule has 0 radical (unpaired) electrons. The van der Waals surface area contributed by atoms with E-state index < -0.39 is 11.9 Å². The minimum atomic E-state index is -1.08. The molecule has 1 aliphatic carbocycles. The maximum atomic E-state index is 12.1. The largest absolute Gasteiger partial charge is 0.478 e. The Morgan fingerprint density at radius 1 is 1.38 bits per heavy atom. The fourth-order valence-corrected chi connectivity index (χ4v) is 2.20. The number of anilines is 1. The molecule has 6 nitrogen and oxygen atoms in total. The third-order valence-electron chi connectivity index (χ3n) is 3.48. The second-order valence-electron chi connectivity index (χ2n) is 5.15. The highest BCUT2D eigenvalue weighted by atomic mass is 16.5. The van der Waals surface area contributed by atoms with Crippen LogP contribution >= 0.6 is 0 Å². The van der Waals surface area contributed by atoms with Gasteiger partial charge in [0.25, 0.3) is 5.91 Å². The van der Waals surface area contributed by atoms with E-state index in [1.54, 1.807) is 31.2 Å². The molecule has 2 aromatic rings. The van der Waals surface area contributed by atoms with Crippen LogP contribution in [0.25, 0.3) is 0 Å². The Balaban J connectivity index is 1.83. The highest BCUT2D eigenvalue weighted by Gasteiger charge is 2.29. The van der Waals surface area contributed by atoms with Crippen LogP contribution in [0.3, 0.4) is 0 Å². The first kappa shape index (κ1) is 13.4. The van der Waals surface area contributed by atoms with Gasteiger partial charge in [-0.25, -0.2) is 4.79 Å². The van der Waals surface area contributed by atoms with Gasteiger partial charge in [0.2, 0.25) is 0 Å². The molecule has 0 atom stereocenters. The molecule has 0 saturated heterocycles. The number of carboxylic acids is 1. The second-order valence-corrected chi connectivity index (χ2v) is 5.15. The summed E-state index contributed by atoms with van der Waals surface area (Å²) in [5, 5.41) is 15.5. The number of hydrogen-bond acceptors (Lipinski definition) is 4. The molecule has 1 heterocycles. The number of carbonyl (C=O) groups is 2. The van der Waals surface area contributed by atoms with E-state index in [-0.39, 0.29) is 16.9 Å². The van der Waals surface area contributed by atoms with E-state index in [0.29, 0.717) is 17.2 Å². The molecule has 1 aromatic heterocycles. The lowest BCUT2D eigenvalue weighted by molar-refractivity contribution is 0.0697. The number of nitrogens with zero attached hydrogens (tertiary/aromatic N) is 1. The molecule has 0 spiro atoms. The van der Waals surface area contributed by atoms with Gasteiger partial charge in [-0.05, 0) is 31.4 Å². The summed E-state index contributed by atoms with van der Waals surface area (Å²) in [7, 11) is 0. The number of amides is 1. The highest BCUT2D eigenvalue weighted by molar-refractivity contribution is 6.07. The van der Waals surface area contributed by atoms with Crippen molar-refractivity contribution < 1.29 is 19.2 Å². The van der Waals surface area contributed by atoms with Crippen molar-refractivity contribution in [1.29, 1.82) is 0 Å². The van der Waals surface area contributed by atoms with Crippen LogP contribution in [0.1, 0.15) is 50.9 Å². The van der Waals surface area contributed by atoms with Crippen LogP contribution in [0.15, 0.2) is 28.8 Å². The Morgan fingerprint density at radius 3 is 2.81 bits per heavy atom. The van der Waals surface area contributed by atoms with Gasteiger partial charge in [-0.1, -0.05) is 17.3 Å². The number of carboxylic acid groups (broad SMARTS) is 1. The lowest BCUT2D eigenvalue weighted by Crippen LogP contribution is -2.15. The first-order chi connectivity index (χ1) is 10.1. The summed E-state index contributed by atoms with van der Waals surface area (Å²) in [5.74, 6) is -0.476. The number of benzene rings is 1. The first-order valence-corrected chi connectivity index (χ1v) is 6.67. The predicted molar refractivity (Wildman–Crippen MR) is 74.6 cm³/mol. The van der Waals surface area contributed by atoms with Crippen molar-refractivity contribution in [3.05, 3.63) is 46.8 Å². The average molecular weight is 286 g/mol. The van der Waals surface area contributed by atoms with Crippen LogP contribution in [-0.4, -0.2) is 22.1 Å². The topological polar surface area (TPSA) is 92.4 Å². The summed E-state index contributed by atoms with van der Waals surface area (Å²) < 4.78 is 5.12. The normalized spacial score (nSPS) is 14.0. The number of aromatic nitrogens is 1. The van der Waals surface area contributed by atoms with Crippen LogP contribution in [-0.2, 0) is 0 Å². The molecule has 0 aliphatic heterocycles. The molecule has 1 fully saturated rings. The summed E-state index contributed by atoms with van der Waals surface area (Å²) in [5.41, 5.74) is 1.08. The van der Waals surface area contributed by atoms with E-state index in [1.807, 2.05) is 0 Å². The monoisotopic (exact) mass is 286 g/mol. The molecule has 3 rings (SSSR count). The fraction of sp³-hybridized carbons (Fsp3) is 0.267. The number of aryl methyl sites for hydroxylation is 1. The molecule has 0 bridgehead atoms. The summed E-state index contributed by atoms with van der Waals surface area (Å²) >= 11 is 0. The third kappa shape index (κ3) is 2.65. The number of aromatic carboxylic acids is 1. The molecule has 6 heteroatoms. The Kier molecular flexibility index (Phi) is 3.21. The van der Waals surface area contributed by atoms with Crippen LogP contribution in [0.2, 0.25) is 0 Å². The van der Waals surface area contributed by atoms with Gasteiger partial charge in [0.1, 0.15) is 5.76 Å². The van der Waals surface area contributed by atoms with Gasteiger partial charge in [0.15, 0.2) is 5.69 Å². The van der Waals surface area contributed by atoms with Gasteiger partial charge in [0.05, 0.1) is 11.3 Å². The lowest BCUT2D eigenvalue weighted by Gasteiger charge is -2.09. The van der Waals surface area contributed by atoms with Crippen molar-refractivity contribution in [3.8, 4) is 0 Å². The maximum Gasteiger partial charge on any atom is 0.338 e. The van der Waals surface area contributed by atoms with Crippen molar-refractivity contribution >= 4 is 17.6 Å². The van der Waals surface area contributed by atoms with Crippen molar-refractivity contribution in [3.63, 3.8) is 0 Å². The van der Waals surface area contributed by atoms with E-state index in [9.17, 15) is 14.7 Å². The third-order valence-corrected chi connectivity index (χ3v) is 3.48. The van der Waals surface area contributed by atoms with Gasteiger partial charge in [0, 0.05) is 12.0 Å². The minimum Gasteiger partial charge on any atom is -0.478 e. The average Bonchev–Trinajstić information content (AvgIpc) is 3.16. The Bertz CT molecular complexity index is 716. The standard InChI is InChI=1S/C15H14N2O4/c1-8-3-2-4-10(13(8)15(19)20)16-14(18)11-7-12(21-17-11)9-5-6-9/h2-4,7,9H,5-6H2,1H3,(H,16,18)(H,19,20). The summed E-state index contributed by atoms with van der Waals surface area (Å²) in [4.78, 5) is 23.4. The van der Waals surface area contributed by atoms with Gasteiger partial charge in [-0.15, -0.1) is 0 Å². The summed E-state index contributed by atoms with van der Waals surface area (Å²) in [6.45, 7) is 1.68. The van der Waals surface area contributed by atoms with Gasteiger partial charge < -0.3 is 14.9 Å². The van der Waals surface area contributed by atoms with Crippen molar-refractivity contribution in [2.24, 2.45) is 0 Å². The molecule has 108 valence electrons. The van der Waals surface area contributed by atoms with Gasteiger partial charge in [-0.3, -0.25) is 4.79 Å². The van der Waals surface area contributed by atoms with E-state index >= 15 is 0 Å². The van der Waals surface area contributed by atoms with Crippen LogP contribution in [0.4, 0.5) is 5.69 Å². The molecule has 0 unspecified atom stereocenters. The van der Waals surface area contributed by atoms with E-state index in [0.717, 1.165) is 12.8 Å². The van der Waals surface area contributed by atoms with Crippen molar-refractivity contribution in [2.45, 2.75) is 25.7 Å². The first-order valence-electron chi connectivity index (χ1n) is 6.67. The molecule has 1 aromatic carbocycles. The Morgan fingerprint density at radius 2 is 2.14 bits per heavy atom. The highest BCUT2D eigenvalue weighted by Crippen LogP contribution is 2.40. The number of nitrogens with one attached hydrogen (secondary N) is 1. The number of carbonyl (C=O) groups excluding carboxylic acids is 1. The van der Waals surface area contributed by atoms with Crippen LogP contribution in [0.5, 0.6) is 0 Å². The molecular weight excluding hydrogens is 272 g/mol. The molecule has 21 heavy (non-hydrogen) atoms. The lowest BCUT2D eigenvalue weighted by atomic mass is 10.1. The molecule has 1 amide bonds. The van der Waals surface area contributed by atoms with Crippen LogP contribution < -0.4 is 5.32 Å². The molecule has 2 N–H and O–H groups in total. The fourth-order valence-electron chi connectivity index (χ4n) is 2.20. The molecular formula is C15H14N2O4. The number of rotatable bonds is 4. The van der Waals surface area contributed by atoms with E-state index in [4.69, 9.17) is 4.52 Å². The Labute approximate surface area is 120 Å². The van der Waals surface area contributed by atoms with Gasteiger partial charge >= 0.3 is 5.97 Å². The SMILES string of the molecule is Cc1cccc(NC(=O)c2cc(C3CC3)on2)c1C(=O)O. The smallest absolute Gasteiger partial charge is 0.338 e. The zero-order chi connectivity index (χ0) is 15.0. The zero-order valence-corrected chi connectivity index (χ0v) is 11.4. The Hall–Kier alpha value is -2.63. The summed E-state index contributed by atoms with van der Waals surface area (Å²) in [6, 6.07) is 6.54. The van der Waals surface area contributed by atoms with Gasteiger partial charge in [-0.2, -0.15) is 0 Å². The minimum absolute atomic E-state index is 0.0803. The maximum absolute atomic E-state index is 12.1. The van der Waals surface area contributed by atoms with Crippen LogP contribution in [0, 0.1) is 6.92 Å². The second kappa shape index (κ2) is 5.05. The summed E-state index contributed by atoms with van der Waals surface area (Å²) in [6.07, 6.45) is 2.11. The number of hydrogen-bond donors (Lipinski definition) is 2. The van der Waals surface area contributed by atoms with E-state index in [1.165, 1.54) is 0 Å². The molecule has 1 saturated carbocycles.